The molecule has 0 fully saturated rings. The first-order valence-corrected chi connectivity index (χ1v) is 7.26. The Morgan fingerprint density at radius 3 is 1.86 bits per heavy atom. The Labute approximate surface area is 128 Å². The minimum atomic E-state index is -0.488. The summed E-state index contributed by atoms with van der Waals surface area (Å²) in [7, 11) is 1.34. The lowest BCUT2D eigenvalue weighted by molar-refractivity contribution is -0.133. The third-order valence-electron chi connectivity index (χ3n) is 3.39. The van der Waals surface area contributed by atoms with E-state index >= 15 is 0 Å². The summed E-state index contributed by atoms with van der Waals surface area (Å²) in [6.07, 6.45) is 0.558. The molecule has 0 N–H and O–H groups in total. The number of carbonyl (C=O) groups is 1. The number of methoxy groups -OCH3 is 1. The molecule has 0 spiro atoms. The second-order valence-corrected chi connectivity index (χ2v) is 7.39. The number of hydrogen-bond acceptors (Lipinski definition) is 2. The Morgan fingerprint density at radius 2 is 1.48 bits per heavy atom. The molecule has 2 heteroatoms. The van der Waals surface area contributed by atoms with E-state index in [1.54, 1.807) is 0 Å². The fourth-order valence-corrected chi connectivity index (χ4v) is 1.93. The van der Waals surface area contributed by atoms with Crippen molar-refractivity contribution in [3.8, 4) is 11.8 Å². The van der Waals surface area contributed by atoms with E-state index in [0.717, 1.165) is 5.56 Å². The molecule has 0 unspecified atom stereocenters. The zero-order valence-corrected chi connectivity index (χ0v) is 14.3. The Hall–Kier alpha value is -1.75. The summed E-state index contributed by atoms with van der Waals surface area (Å²) in [5.41, 5.74) is 3.91. The van der Waals surface area contributed by atoms with Crippen molar-refractivity contribution in [3.05, 3.63) is 34.9 Å². The van der Waals surface area contributed by atoms with Crippen LogP contribution in [0.5, 0.6) is 0 Å². The van der Waals surface area contributed by atoms with Gasteiger partial charge in [-0.3, -0.25) is 0 Å². The molecule has 0 aliphatic carbocycles. The second kappa shape index (κ2) is 6.35. The smallest absolute Gasteiger partial charge is 0.384 e. The molecule has 1 rings (SSSR count). The molecule has 0 aliphatic heterocycles. The average Bonchev–Trinajstić information content (AvgIpc) is 2.36. The van der Waals surface area contributed by atoms with E-state index in [9.17, 15) is 4.79 Å². The van der Waals surface area contributed by atoms with Gasteiger partial charge in [0.15, 0.2) is 0 Å². The predicted molar refractivity (Wildman–Crippen MR) is 87.3 cm³/mol. The van der Waals surface area contributed by atoms with Gasteiger partial charge in [0.05, 0.1) is 7.11 Å². The molecule has 0 radical (unpaired) electrons. The minimum Gasteiger partial charge on any atom is -0.459 e. The highest BCUT2D eigenvalue weighted by Crippen LogP contribution is 2.30. The molecule has 2 nitrogen and oxygen atoms in total. The maximum Gasteiger partial charge on any atom is 0.384 e. The van der Waals surface area contributed by atoms with Gasteiger partial charge in [-0.15, -0.1) is 0 Å². The average molecular weight is 286 g/mol. The summed E-state index contributed by atoms with van der Waals surface area (Å²) in [4.78, 5) is 11.1. The molecular weight excluding hydrogens is 260 g/mol. The lowest BCUT2D eigenvalue weighted by Gasteiger charge is -2.26. The van der Waals surface area contributed by atoms with Crippen LogP contribution >= 0.6 is 0 Å². The van der Waals surface area contributed by atoms with Crippen LogP contribution in [0, 0.1) is 11.8 Å². The number of esters is 1. The standard InChI is InChI=1S/C19H26O2/c1-18(2,3)15-11-14(9-8-10-17(20)21-7)12-16(13-15)19(4,5)6/h11-13H,9H2,1-7H3. The lowest BCUT2D eigenvalue weighted by atomic mass is 9.79. The monoisotopic (exact) mass is 286 g/mol. The first-order chi connectivity index (χ1) is 9.54. The van der Waals surface area contributed by atoms with Crippen LogP contribution in [-0.4, -0.2) is 13.1 Å². The van der Waals surface area contributed by atoms with E-state index in [2.05, 4.69) is 76.3 Å². The van der Waals surface area contributed by atoms with Gasteiger partial charge in [-0.25, -0.2) is 4.79 Å². The van der Waals surface area contributed by atoms with Gasteiger partial charge in [0, 0.05) is 12.3 Å². The van der Waals surface area contributed by atoms with Crippen molar-refractivity contribution < 1.29 is 9.53 Å². The number of rotatable bonds is 1. The Kier molecular flexibility index (Phi) is 5.23. The maximum atomic E-state index is 11.1. The van der Waals surface area contributed by atoms with E-state index in [-0.39, 0.29) is 10.8 Å². The summed E-state index contributed by atoms with van der Waals surface area (Å²) >= 11 is 0. The van der Waals surface area contributed by atoms with Gasteiger partial charge in [0.25, 0.3) is 0 Å². The topological polar surface area (TPSA) is 26.3 Å². The van der Waals surface area contributed by atoms with Crippen molar-refractivity contribution in [1.29, 1.82) is 0 Å². The zero-order chi connectivity index (χ0) is 16.3. The van der Waals surface area contributed by atoms with Gasteiger partial charge < -0.3 is 4.74 Å². The highest BCUT2D eigenvalue weighted by molar-refractivity contribution is 5.88. The van der Waals surface area contributed by atoms with Crippen LogP contribution in [0.1, 0.15) is 58.2 Å². The van der Waals surface area contributed by atoms with Crippen LogP contribution in [0.4, 0.5) is 0 Å². The van der Waals surface area contributed by atoms with Crippen molar-refractivity contribution in [2.45, 2.75) is 58.8 Å². The van der Waals surface area contributed by atoms with E-state index in [0.29, 0.717) is 6.42 Å². The van der Waals surface area contributed by atoms with Gasteiger partial charge in [-0.1, -0.05) is 65.7 Å². The van der Waals surface area contributed by atoms with Gasteiger partial charge in [-0.05, 0) is 27.5 Å². The van der Waals surface area contributed by atoms with Crippen molar-refractivity contribution in [1.82, 2.24) is 0 Å². The summed E-state index contributed by atoms with van der Waals surface area (Å²) in [5, 5.41) is 0. The zero-order valence-electron chi connectivity index (χ0n) is 14.3. The fourth-order valence-electron chi connectivity index (χ4n) is 1.93. The molecule has 0 saturated carbocycles. The molecule has 0 aliphatic rings. The highest BCUT2D eigenvalue weighted by Gasteiger charge is 2.20. The van der Waals surface area contributed by atoms with Crippen molar-refractivity contribution in [2.24, 2.45) is 0 Å². The summed E-state index contributed by atoms with van der Waals surface area (Å²) in [6, 6.07) is 6.64. The Balaban J connectivity index is 3.19. The predicted octanol–water partition coefficient (Wildman–Crippen LogP) is 4.00. The Morgan fingerprint density at radius 1 is 1.00 bits per heavy atom. The largest absolute Gasteiger partial charge is 0.459 e. The number of ether oxygens (including phenoxy) is 1. The normalized spacial score (nSPS) is 11.6. The van der Waals surface area contributed by atoms with Crippen LogP contribution < -0.4 is 0 Å². The maximum absolute atomic E-state index is 11.1. The summed E-state index contributed by atoms with van der Waals surface area (Å²) in [6.45, 7) is 13.2. The molecular formula is C19H26O2. The number of carbonyl (C=O) groups excluding carboxylic acids is 1. The molecule has 0 heterocycles. The van der Waals surface area contributed by atoms with Crippen LogP contribution in [0.2, 0.25) is 0 Å². The molecule has 0 amide bonds. The molecule has 0 saturated heterocycles. The van der Waals surface area contributed by atoms with Crippen molar-refractivity contribution in [3.63, 3.8) is 0 Å². The van der Waals surface area contributed by atoms with Crippen molar-refractivity contribution in [2.75, 3.05) is 7.11 Å². The molecule has 0 bridgehead atoms. The molecule has 114 valence electrons. The quantitative estimate of drug-likeness (QED) is 0.443. The van der Waals surface area contributed by atoms with Crippen LogP contribution in [0.25, 0.3) is 0 Å². The lowest BCUT2D eigenvalue weighted by Crippen LogP contribution is -2.17. The number of benzene rings is 1. The van der Waals surface area contributed by atoms with E-state index in [1.807, 2.05) is 0 Å². The SMILES string of the molecule is COC(=O)C#CCc1cc(C(C)(C)C)cc(C(C)(C)C)c1. The van der Waals surface area contributed by atoms with Gasteiger partial charge >= 0.3 is 5.97 Å². The van der Waals surface area contributed by atoms with Crippen LogP contribution in [-0.2, 0) is 26.8 Å². The molecule has 1 aromatic carbocycles. The second-order valence-electron chi connectivity index (χ2n) is 7.39. The first-order valence-electron chi connectivity index (χ1n) is 7.26. The van der Waals surface area contributed by atoms with Gasteiger partial charge in [-0.2, -0.15) is 0 Å². The summed E-state index contributed by atoms with van der Waals surface area (Å²) in [5.74, 6) is 4.88. The highest BCUT2D eigenvalue weighted by atomic mass is 16.5. The van der Waals surface area contributed by atoms with Gasteiger partial charge in [0.1, 0.15) is 0 Å². The van der Waals surface area contributed by atoms with Crippen LogP contribution in [0.15, 0.2) is 18.2 Å². The Bertz CT molecular complexity index is 540. The molecule has 21 heavy (non-hydrogen) atoms. The summed E-state index contributed by atoms with van der Waals surface area (Å²) < 4.78 is 4.53. The molecule has 0 atom stereocenters. The van der Waals surface area contributed by atoms with Crippen molar-refractivity contribution >= 4 is 5.97 Å². The fraction of sp³-hybridized carbons (Fsp3) is 0.526. The first kappa shape index (κ1) is 17.3. The van der Waals surface area contributed by atoms with Crippen LogP contribution in [0.3, 0.4) is 0 Å². The van der Waals surface area contributed by atoms with E-state index in [1.165, 1.54) is 18.2 Å². The minimum absolute atomic E-state index is 0.0891. The molecule has 1 aromatic rings. The third-order valence-corrected chi connectivity index (χ3v) is 3.39. The number of hydrogen-bond donors (Lipinski definition) is 0. The van der Waals surface area contributed by atoms with E-state index < -0.39 is 5.97 Å². The third kappa shape index (κ3) is 5.27. The molecule has 0 aromatic heterocycles. The van der Waals surface area contributed by atoms with Gasteiger partial charge in [0.2, 0.25) is 0 Å². The van der Waals surface area contributed by atoms with E-state index in [4.69, 9.17) is 0 Å².